The second-order valence-corrected chi connectivity index (χ2v) is 6.73. The van der Waals surface area contributed by atoms with Crippen molar-refractivity contribution in [3.63, 3.8) is 0 Å². The molecule has 1 fully saturated rings. The number of nitrogens with zero attached hydrogens (tertiary/aromatic N) is 3. The van der Waals surface area contributed by atoms with Gasteiger partial charge in [-0.2, -0.15) is 0 Å². The fourth-order valence-corrected chi connectivity index (χ4v) is 3.39. The van der Waals surface area contributed by atoms with Crippen molar-refractivity contribution >= 4 is 10.0 Å². The van der Waals surface area contributed by atoms with Crippen LogP contribution in [-0.4, -0.2) is 23.2 Å². The number of hydrogen-bond acceptors (Lipinski definition) is 4. The predicted molar refractivity (Wildman–Crippen MR) is 67.5 cm³/mol. The minimum absolute atomic E-state index is 0.0644. The zero-order valence-corrected chi connectivity index (χ0v) is 11.7. The normalized spacial score (nSPS) is 19.3. The van der Waals surface area contributed by atoms with Crippen molar-refractivity contribution < 1.29 is 8.42 Å². The largest absolute Gasteiger partial charge is 0.300 e. The maximum absolute atomic E-state index is 11.5. The molecule has 1 saturated carbocycles. The van der Waals surface area contributed by atoms with E-state index in [0.717, 1.165) is 37.9 Å². The van der Waals surface area contributed by atoms with E-state index in [1.54, 1.807) is 4.57 Å². The summed E-state index contributed by atoms with van der Waals surface area (Å²) in [5, 5.41) is 13.0. The van der Waals surface area contributed by atoms with Gasteiger partial charge in [-0.05, 0) is 19.3 Å². The second kappa shape index (κ2) is 4.62. The van der Waals surface area contributed by atoms with Crippen molar-refractivity contribution in [2.45, 2.75) is 63.1 Å². The summed E-state index contributed by atoms with van der Waals surface area (Å²) >= 11 is 0. The van der Waals surface area contributed by atoms with Crippen molar-refractivity contribution in [1.29, 1.82) is 0 Å². The van der Waals surface area contributed by atoms with Gasteiger partial charge in [-0.25, -0.2) is 13.6 Å². The second-order valence-electron chi connectivity index (χ2n) is 5.27. The number of primary sulfonamides is 1. The molecular formula is C11H20N4O2S. The Labute approximate surface area is 108 Å². The Kier molecular flexibility index (Phi) is 3.46. The summed E-state index contributed by atoms with van der Waals surface area (Å²) in [4.78, 5) is 0. The maximum atomic E-state index is 11.5. The molecule has 6 nitrogen and oxygen atoms in total. The molecule has 102 valence electrons. The average Bonchev–Trinajstić information content (AvgIpc) is 2.85. The summed E-state index contributed by atoms with van der Waals surface area (Å²) in [5.74, 6) is 0.769. The lowest BCUT2D eigenvalue weighted by molar-refractivity contribution is 0.419. The van der Waals surface area contributed by atoms with Crippen molar-refractivity contribution in [1.82, 2.24) is 14.8 Å². The van der Waals surface area contributed by atoms with Crippen LogP contribution in [0.15, 0.2) is 5.16 Å². The van der Waals surface area contributed by atoms with Crippen LogP contribution in [0, 0.1) is 0 Å². The number of sulfonamides is 1. The van der Waals surface area contributed by atoms with Crippen LogP contribution in [-0.2, 0) is 22.0 Å². The number of hydrogen-bond donors (Lipinski definition) is 1. The fraction of sp³-hybridized carbons (Fsp3) is 0.818. The molecule has 0 radical (unpaired) electrons. The van der Waals surface area contributed by atoms with Crippen LogP contribution >= 0.6 is 0 Å². The number of rotatable bonds is 4. The number of nitrogens with two attached hydrogens (primary N) is 1. The topological polar surface area (TPSA) is 90.9 Å². The molecule has 18 heavy (non-hydrogen) atoms. The Hall–Kier alpha value is -0.950. The molecule has 1 heterocycles. The van der Waals surface area contributed by atoms with Crippen LogP contribution in [0.2, 0.25) is 0 Å². The van der Waals surface area contributed by atoms with Crippen LogP contribution in [0.4, 0.5) is 0 Å². The van der Waals surface area contributed by atoms with Crippen molar-refractivity contribution in [3.8, 4) is 0 Å². The maximum Gasteiger partial charge on any atom is 0.273 e. The monoisotopic (exact) mass is 272 g/mol. The van der Waals surface area contributed by atoms with Crippen LogP contribution < -0.4 is 5.14 Å². The first-order valence-electron chi connectivity index (χ1n) is 6.35. The highest BCUT2D eigenvalue weighted by Crippen LogP contribution is 2.40. The van der Waals surface area contributed by atoms with Gasteiger partial charge in [0.15, 0.2) is 0 Å². The Morgan fingerprint density at radius 3 is 2.44 bits per heavy atom. The summed E-state index contributed by atoms with van der Waals surface area (Å²) < 4.78 is 24.7. The highest BCUT2D eigenvalue weighted by atomic mass is 32.2. The Balaban J connectivity index is 2.52. The molecule has 2 rings (SSSR count). The van der Waals surface area contributed by atoms with Gasteiger partial charge in [0.05, 0.1) is 0 Å². The lowest BCUT2D eigenvalue weighted by atomic mass is 9.88. The smallest absolute Gasteiger partial charge is 0.273 e. The van der Waals surface area contributed by atoms with Crippen molar-refractivity contribution in [3.05, 3.63) is 5.82 Å². The van der Waals surface area contributed by atoms with E-state index in [1.807, 2.05) is 6.92 Å². The third-order valence-electron chi connectivity index (χ3n) is 3.67. The first kappa shape index (κ1) is 13.5. The van der Waals surface area contributed by atoms with E-state index in [1.165, 1.54) is 0 Å². The van der Waals surface area contributed by atoms with Crippen LogP contribution in [0.25, 0.3) is 0 Å². The summed E-state index contributed by atoms with van der Waals surface area (Å²) in [7, 11) is -3.80. The van der Waals surface area contributed by atoms with Gasteiger partial charge >= 0.3 is 0 Å². The van der Waals surface area contributed by atoms with Gasteiger partial charge in [0.2, 0.25) is 0 Å². The highest BCUT2D eigenvalue weighted by Gasteiger charge is 2.37. The molecule has 0 spiro atoms. The van der Waals surface area contributed by atoms with Gasteiger partial charge in [-0.3, -0.25) is 0 Å². The van der Waals surface area contributed by atoms with E-state index in [9.17, 15) is 8.42 Å². The SMILES string of the molecule is CCCn1c(C2(C)CCCC2)nnc1S(N)(=O)=O. The standard InChI is InChI=1S/C11H20N4O2S/c1-3-8-15-9(11(2)6-4-5-7-11)13-14-10(15)18(12,16)17/h3-8H2,1-2H3,(H2,12,16,17). The molecule has 1 aromatic rings. The number of aromatic nitrogens is 3. The molecule has 2 N–H and O–H groups in total. The third-order valence-corrected chi connectivity index (χ3v) is 4.48. The van der Waals surface area contributed by atoms with Gasteiger partial charge in [0, 0.05) is 12.0 Å². The Morgan fingerprint density at radius 2 is 1.94 bits per heavy atom. The quantitative estimate of drug-likeness (QED) is 0.890. The average molecular weight is 272 g/mol. The van der Waals surface area contributed by atoms with E-state index in [-0.39, 0.29) is 10.6 Å². The molecule has 1 aromatic heterocycles. The lowest BCUT2D eigenvalue weighted by Crippen LogP contribution is -2.26. The van der Waals surface area contributed by atoms with Gasteiger partial charge in [0.1, 0.15) is 5.82 Å². The molecule has 0 amide bonds. The molecule has 0 bridgehead atoms. The van der Waals surface area contributed by atoms with E-state index in [0.29, 0.717) is 6.54 Å². The summed E-state index contributed by atoms with van der Waals surface area (Å²) in [5.41, 5.74) is -0.0644. The molecule has 0 atom stereocenters. The highest BCUT2D eigenvalue weighted by molar-refractivity contribution is 7.89. The van der Waals surface area contributed by atoms with Gasteiger partial charge < -0.3 is 4.57 Å². The van der Waals surface area contributed by atoms with Crippen LogP contribution in [0.5, 0.6) is 0 Å². The minimum atomic E-state index is -3.80. The van der Waals surface area contributed by atoms with Gasteiger partial charge in [-0.1, -0.05) is 26.7 Å². The molecule has 1 aliphatic rings. The molecule has 1 aliphatic carbocycles. The molecule has 0 saturated heterocycles. The third kappa shape index (κ3) is 2.29. The van der Waals surface area contributed by atoms with E-state index in [4.69, 9.17) is 5.14 Å². The molecule has 0 unspecified atom stereocenters. The zero-order chi connectivity index (χ0) is 13.4. The first-order valence-corrected chi connectivity index (χ1v) is 7.89. The molecule has 0 aromatic carbocycles. The molecule has 0 aliphatic heterocycles. The first-order chi connectivity index (χ1) is 8.38. The summed E-state index contributed by atoms with van der Waals surface area (Å²) in [6.45, 7) is 4.71. The van der Waals surface area contributed by atoms with E-state index < -0.39 is 10.0 Å². The zero-order valence-electron chi connectivity index (χ0n) is 10.9. The van der Waals surface area contributed by atoms with Crippen molar-refractivity contribution in [2.75, 3.05) is 0 Å². The summed E-state index contributed by atoms with van der Waals surface area (Å²) in [6, 6.07) is 0. The Morgan fingerprint density at radius 1 is 1.33 bits per heavy atom. The van der Waals surface area contributed by atoms with Crippen LogP contribution in [0.3, 0.4) is 0 Å². The minimum Gasteiger partial charge on any atom is -0.300 e. The van der Waals surface area contributed by atoms with Gasteiger partial charge in [-0.15, -0.1) is 10.2 Å². The van der Waals surface area contributed by atoms with Crippen molar-refractivity contribution in [2.24, 2.45) is 5.14 Å². The lowest BCUT2D eigenvalue weighted by Gasteiger charge is -2.23. The van der Waals surface area contributed by atoms with E-state index >= 15 is 0 Å². The summed E-state index contributed by atoms with van der Waals surface area (Å²) in [6.07, 6.45) is 5.18. The van der Waals surface area contributed by atoms with E-state index in [2.05, 4.69) is 17.1 Å². The molecular weight excluding hydrogens is 252 g/mol. The predicted octanol–water partition coefficient (Wildman–Crippen LogP) is 1.17. The molecule has 7 heteroatoms. The Bertz CT molecular complexity index is 529. The fourth-order valence-electron chi connectivity index (χ4n) is 2.75. The van der Waals surface area contributed by atoms with Gasteiger partial charge in [0.25, 0.3) is 15.2 Å². The van der Waals surface area contributed by atoms with Crippen LogP contribution in [0.1, 0.15) is 51.8 Å².